The number of hydrogen-bond donors (Lipinski definition) is 1. The summed E-state index contributed by atoms with van der Waals surface area (Å²) in [7, 11) is 0. The molecule has 23 heavy (non-hydrogen) atoms. The van der Waals surface area contributed by atoms with Gasteiger partial charge in [0.05, 0.1) is 6.54 Å². The lowest BCUT2D eigenvalue weighted by atomic mass is 10.0. The molecule has 4 heteroatoms. The fourth-order valence-corrected chi connectivity index (χ4v) is 2.67. The average Bonchev–Trinajstić information content (AvgIpc) is 2.52. The molecule has 0 spiro atoms. The molecule has 0 bridgehead atoms. The molecule has 0 unspecified atom stereocenters. The Kier molecular flexibility index (Phi) is 6.04. The van der Waals surface area contributed by atoms with Crippen molar-refractivity contribution in [2.75, 3.05) is 11.9 Å². The van der Waals surface area contributed by atoms with Crippen molar-refractivity contribution in [1.29, 1.82) is 0 Å². The highest BCUT2D eigenvalue weighted by Crippen LogP contribution is 2.18. The van der Waals surface area contributed by atoms with Gasteiger partial charge in [-0.2, -0.15) is 0 Å². The molecule has 1 N–H and O–H groups in total. The summed E-state index contributed by atoms with van der Waals surface area (Å²) >= 11 is 2.27. The van der Waals surface area contributed by atoms with E-state index in [0.29, 0.717) is 13.1 Å². The molecule has 2 aromatic rings. The van der Waals surface area contributed by atoms with Crippen LogP contribution in [-0.2, 0) is 11.3 Å². The van der Waals surface area contributed by atoms with Crippen molar-refractivity contribution in [3.8, 4) is 0 Å². The first-order valence-corrected chi connectivity index (χ1v) is 8.78. The largest absolute Gasteiger partial charge is 0.376 e. The Hall–Kier alpha value is -1.56. The van der Waals surface area contributed by atoms with E-state index in [1.807, 2.05) is 47.4 Å². The summed E-state index contributed by atoms with van der Waals surface area (Å²) in [6.45, 7) is 7.12. The number of rotatable bonds is 5. The molecule has 0 aliphatic heterocycles. The minimum Gasteiger partial charge on any atom is -0.376 e. The van der Waals surface area contributed by atoms with Crippen LogP contribution >= 0.6 is 22.6 Å². The standard InChI is InChI=1S/C19H23IN2O/c1-19(2,3)22(14-15-7-5-4-6-8-15)18(23)13-21-17-11-9-16(20)10-12-17/h4-12,21H,13-14H2,1-3H3. The first-order chi connectivity index (χ1) is 10.9. The van der Waals surface area contributed by atoms with Gasteiger partial charge >= 0.3 is 0 Å². The summed E-state index contributed by atoms with van der Waals surface area (Å²) in [5.74, 6) is 0.0971. The Labute approximate surface area is 152 Å². The molecule has 0 atom stereocenters. The van der Waals surface area contributed by atoms with E-state index < -0.39 is 0 Å². The van der Waals surface area contributed by atoms with Crippen LogP contribution in [0.1, 0.15) is 26.3 Å². The molecule has 0 fully saturated rings. The number of nitrogens with zero attached hydrogens (tertiary/aromatic N) is 1. The molecule has 2 aromatic carbocycles. The molecule has 0 aliphatic carbocycles. The minimum atomic E-state index is -0.222. The van der Waals surface area contributed by atoms with Crippen LogP contribution < -0.4 is 5.32 Å². The number of benzene rings is 2. The number of nitrogens with one attached hydrogen (secondary N) is 1. The number of anilines is 1. The van der Waals surface area contributed by atoms with Crippen LogP contribution in [0.2, 0.25) is 0 Å². The quantitative estimate of drug-likeness (QED) is 0.719. The third kappa shape index (κ3) is 5.53. The van der Waals surface area contributed by atoms with Crippen LogP contribution in [0.15, 0.2) is 54.6 Å². The van der Waals surface area contributed by atoms with Gasteiger partial charge in [-0.3, -0.25) is 4.79 Å². The topological polar surface area (TPSA) is 32.3 Å². The van der Waals surface area contributed by atoms with E-state index in [1.54, 1.807) is 0 Å². The third-order valence-electron chi connectivity index (χ3n) is 3.58. The first-order valence-electron chi connectivity index (χ1n) is 7.70. The maximum Gasteiger partial charge on any atom is 0.242 e. The monoisotopic (exact) mass is 422 g/mol. The molecule has 0 radical (unpaired) electrons. The Balaban J connectivity index is 2.03. The van der Waals surface area contributed by atoms with Crippen molar-refractivity contribution in [2.24, 2.45) is 0 Å². The Morgan fingerprint density at radius 3 is 2.22 bits per heavy atom. The van der Waals surface area contributed by atoms with Crippen LogP contribution in [0, 0.1) is 3.57 Å². The van der Waals surface area contributed by atoms with Gasteiger partial charge in [-0.25, -0.2) is 0 Å². The van der Waals surface area contributed by atoms with E-state index in [-0.39, 0.29) is 11.4 Å². The highest BCUT2D eigenvalue weighted by molar-refractivity contribution is 14.1. The predicted octanol–water partition coefficient (Wildman–Crippen LogP) is 4.53. The zero-order chi connectivity index (χ0) is 16.9. The molecule has 0 heterocycles. The first kappa shape index (κ1) is 17.8. The van der Waals surface area contributed by atoms with Gasteiger partial charge in [0.2, 0.25) is 5.91 Å². The van der Waals surface area contributed by atoms with Gasteiger partial charge in [-0.1, -0.05) is 30.3 Å². The lowest BCUT2D eigenvalue weighted by molar-refractivity contribution is -0.134. The zero-order valence-corrected chi connectivity index (χ0v) is 16.0. The normalized spacial score (nSPS) is 11.1. The summed E-state index contributed by atoms with van der Waals surface area (Å²) in [5, 5.41) is 3.22. The van der Waals surface area contributed by atoms with Crippen LogP contribution in [0.4, 0.5) is 5.69 Å². The Morgan fingerprint density at radius 1 is 1.04 bits per heavy atom. The molecule has 0 aliphatic rings. The SMILES string of the molecule is CC(C)(C)N(Cc1ccccc1)C(=O)CNc1ccc(I)cc1. The van der Waals surface area contributed by atoms with Crippen molar-refractivity contribution < 1.29 is 4.79 Å². The molecule has 0 saturated carbocycles. The molecule has 0 saturated heterocycles. The van der Waals surface area contributed by atoms with Gasteiger partial charge in [0.15, 0.2) is 0 Å². The fraction of sp³-hybridized carbons (Fsp3) is 0.316. The lowest BCUT2D eigenvalue weighted by Crippen LogP contribution is -2.47. The highest BCUT2D eigenvalue weighted by atomic mass is 127. The minimum absolute atomic E-state index is 0.0971. The van der Waals surface area contributed by atoms with Gasteiger partial charge < -0.3 is 10.2 Å². The van der Waals surface area contributed by atoms with Crippen molar-refractivity contribution in [1.82, 2.24) is 4.90 Å². The van der Waals surface area contributed by atoms with Gasteiger partial charge in [-0.15, -0.1) is 0 Å². The molecule has 2 rings (SSSR count). The van der Waals surface area contributed by atoms with Crippen LogP contribution in [0.25, 0.3) is 0 Å². The van der Waals surface area contributed by atoms with Crippen LogP contribution in [-0.4, -0.2) is 22.9 Å². The van der Waals surface area contributed by atoms with Gasteiger partial charge in [0.1, 0.15) is 0 Å². The lowest BCUT2D eigenvalue weighted by Gasteiger charge is -2.36. The molecule has 122 valence electrons. The number of halogens is 1. The summed E-state index contributed by atoms with van der Waals surface area (Å²) in [4.78, 5) is 14.6. The van der Waals surface area contributed by atoms with E-state index in [0.717, 1.165) is 11.3 Å². The molecule has 1 amide bonds. The second kappa shape index (κ2) is 7.81. The van der Waals surface area contributed by atoms with Crippen LogP contribution in [0.3, 0.4) is 0 Å². The highest BCUT2D eigenvalue weighted by Gasteiger charge is 2.26. The van der Waals surface area contributed by atoms with E-state index in [9.17, 15) is 4.79 Å². The zero-order valence-electron chi connectivity index (χ0n) is 13.8. The second-order valence-corrected chi connectivity index (χ2v) is 7.74. The van der Waals surface area contributed by atoms with E-state index in [2.05, 4.69) is 60.8 Å². The summed E-state index contributed by atoms with van der Waals surface area (Å²) in [6, 6.07) is 18.1. The van der Waals surface area contributed by atoms with Gasteiger partial charge in [0.25, 0.3) is 0 Å². The smallest absolute Gasteiger partial charge is 0.242 e. The van der Waals surface area contributed by atoms with Crippen molar-refractivity contribution in [3.05, 3.63) is 63.7 Å². The molecular formula is C19H23IN2O. The van der Waals surface area contributed by atoms with Gasteiger partial charge in [0, 0.05) is 21.3 Å². The average molecular weight is 422 g/mol. The third-order valence-corrected chi connectivity index (χ3v) is 4.30. The number of hydrogen-bond acceptors (Lipinski definition) is 2. The number of carbonyl (C=O) groups excluding carboxylic acids is 1. The Morgan fingerprint density at radius 2 is 1.65 bits per heavy atom. The molecular weight excluding hydrogens is 399 g/mol. The van der Waals surface area contributed by atoms with Gasteiger partial charge in [-0.05, 0) is 73.2 Å². The van der Waals surface area contributed by atoms with Crippen molar-refractivity contribution >= 4 is 34.2 Å². The maximum atomic E-state index is 12.7. The number of amides is 1. The second-order valence-electron chi connectivity index (χ2n) is 6.50. The van der Waals surface area contributed by atoms with Crippen molar-refractivity contribution in [2.45, 2.75) is 32.9 Å². The predicted molar refractivity (Wildman–Crippen MR) is 104 cm³/mol. The van der Waals surface area contributed by atoms with E-state index >= 15 is 0 Å². The summed E-state index contributed by atoms with van der Waals surface area (Å²) in [5.41, 5.74) is 1.89. The van der Waals surface area contributed by atoms with E-state index in [4.69, 9.17) is 0 Å². The fourth-order valence-electron chi connectivity index (χ4n) is 2.31. The summed E-state index contributed by atoms with van der Waals surface area (Å²) in [6.07, 6.45) is 0. The van der Waals surface area contributed by atoms with E-state index in [1.165, 1.54) is 3.57 Å². The van der Waals surface area contributed by atoms with Crippen LogP contribution in [0.5, 0.6) is 0 Å². The number of carbonyl (C=O) groups is 1. The molecule has 3 nitrogen and oxygen atoms in total. The molecule has 0 aromatic heterocycles. The van der Waals surface area contributed by atoms with Crippen molar-refractivity contribution in [3.63, 3.8) is 0 Å². The summed E-state index contributed by atoms with van der Waals surface area (Å²) < 4.78 is 1.18. The Bertz CT molecular complexity index is 633. The maximum absolute atomic E-state index is 12.7.